The van der Waals surface area contributed by atoms with Crippen molar-refractivity contribution in [1.29, 1.82) is 0 Å². The first-order chi connectivity index (χ1) is 12.1. The molecule has 3 N–H and O–H groups in total. The summed E-state index contributed by atoms with van der Waals surface area (Å²) in [5.41, 5.74) is 0.275. The fourth-order valence-corrected chi connectivity index (χ4v) is 2.56. The molecule has 2 amide bonds. The summed E-state index contributed by atoms with van der Waals surface area (Å²) in [4.78, 5) is 24.8. The molecule has 0 aliphatic rings. The molecular weight excluding hydrogens is 332 g/mol. The summed E-state index contributed by atoms with van der Waals surface area (Å²) in [5, 5.41) is 15.0. The van der Waals surface area contributed by atoms with Crippen molar-refractivity contribution in [3.8, 4) is 0 Å². The van der Waals surface area contributed by atoms with Crippen LogP contribution in [0.25, 0.3) is 0 Å². The molecule has 0 aromatic heterocycles. The number of benzene rings is 1. The van der Waals surface area contributed by atoms with Crippen molar-refractivity contribution in [2.75, 3.05) is 6.61 Å². The van der Waals surface area contributed by atoms with Crippen LogP contribution in [0.15, 0.2) is 30.3 Å². The number of carbonyl (C=O) groups excluding carboxylic acids is 2. The lowest BCUT2D eigenvalue weighted by Crippen LogP contribution is -2.52. The zero-order chi connectivity index (χ0) is 19.7. The average Bonchev–Trinajstić information content (AvgIpc) is 2.52. The summed E-state index contributed by atoms with van der Waals surface area (Å²) < 4.78 is 5.27. The number of amides is 2. The topological polar surface area (TPSA) is 87.7 Å². The Hall–Kier alpha value is -2.08. The number of carbonyl (C=O) groups is 2. The average molecular weight is 364 g/mol. The molecule has 0 radical (unpaired) electrons. The highest BCUT2D eigenvalue weighted by molar-refractivity contribution is 5.86. The van der Waals surface area contributed by atoms with Gasteiger partial charge in [-0.05, 0) is 38.7 Å². The Morgan fingerprint density at radius 1 is 1.12 bits per heavy atom. The fraction of sp³-hybridized carbons (Fsp3) is 0.600. The van der Waals surface area contributed by atoms with Crippen LogP contribution in [0.4, 0.5) is 4.79 Å². The third-order valence-electron chi connectivity index (χ3n) is 3.61. The number of ether oxygens (including phenoxy) is 1. The molecular formula is C20H32N2O4. The molecule has 0 aliphatic carbocycles. The number of aliphatic hydroxyl groups is 1. The molecule has 0 heterocycles. The van der Waals surface area contributed by atoms with E-state index in [1.807, 2.05) is 44.2 Å². The lowest BCUT2D eigenvalue weighted by molar-refractivity contribution is -0.124. The van der Waals surface area contributed by atoms with Crippen molar-refractivity contribution in [2.45, 2.75) is 65.1 Å². The maximum absolute atomic E-state index is 12.7. The van der Waals surface area contributed by atoms with Crippen molar-refractivity contribution in [3.63, 3.8) is 0 Å². The number of nitrogens with one attached hydrogen (secondary N) is 2. The maximum Gasteiger partial charge on any atom is 0.408 e. The molecule has 2 unspecified atom stereocenters. The van der Waals surface area contributed by atoms with Gasteiger partial charge in [-0.25, -0.2) is 4.79 Å². The largest absolute Gasteiger partial charge is 0.444 e. The first-order valence-corrected chi connectivity index (χ1v) is 9.05. The van der Waals surface area contributed by atoms with Crippen molar-refractivity contribution < 1.29 is 19.4 Å². The van der Waals surface area contributed by atoms with Gasteiger partial charge in [0.15, 0.2) is 0 Å². The van der Waals surface area contributed by atoms with E-state index in [4.69, 9.17) is 4.74 Å². The van der Waals surface area contributed by atoms with Crippen molar-refractivity contribution in [2.24, 2.45) is 5.92 Å². The minimum Gasteiger partial charge on any atom is -0.444 e. The molecule has 6 heteroatoms. The van der Waals surface area contributed by atoms with Crippen LogP contribution in [0.2, 0.25) is 0 Å². The van der Waals surface area contributed by atoms with Gasteiger partial charge in [-0.1, -0.05) is 44.2 Å². The van der Waals surface area contributed by atoms with Gasteiger partial charge in [0.05, 0.1) is 12.6 Å². The Morgan fingerprint density at radius 3 is 2.23 bits per heavy atom. The van der Waals surface area contributed by atoms with Crippen LogP contribution in [-0.2, 0) is 16.0 Å². The van der Waals surface area contributed by atoms with Crippen LogP contribution >= 0.6 is 0 Å². The van der Waals surface area contributed by atoms with E-state index in [0.717, 1.165) is 5.56 Å². The SMILES string of the molecule is CC(C)CC(CO)NC(=O)C(Cc1ccccc1)NC(=O)OC(C)(C)C. The Labute approximate surface area is 156 Å². The number of rotatable bonds is 8. The van der Waals surface area contributed by atoms with Crippen molar-refractivity contribution in [1.82, 2.24) is 10.6 Å². The van der Waals surface area contributed by atoms with E-state index in [-0.39, 0.29) is 18.6 Å². The lowest BCUT2D eigenvalue weighted by atomic mass is 10.0. The number of hydrogen-bond donors (Lipinski definition) is 3. The predicted octanol–water partition coefficient (Wildman–Crippen LogP) is 2.65. The van der Waals surface area contributed by atoms with E-state index in [9.17, 15) is 14.7 Å². The highest BCUT2D eigenvalue weighted by atomic mass is 16.6. The highest BCUT2D eigenvalue weighted by Crippen LogP contribution is 2.10. The van der Waals surface area contributed by atoms with Crippen molar-refractivity contribution >= 4 is 12.0 Å². The van der Waals surface area contributed by atoms with E-state index in [1.165, 1.54) is 0 Å². The monoisotopic (exact) mass is 364 g/mol. The minimum absolute atomic E-state index is 0.144. The molecule has 0 fully saturated rings. The molecule has 0 bridgehead atoms. The van der Waals surface area contributed by atoms with Crippen LogP contribution in [0.5, 0.6) is 0 Å². The molecule has 6 nitrogen and oxygen atoms in total. The molecule has 26 heavy (non-hydrogen) atoms. The van der Waals surface area contributed by atoms with Gasteiger partial charge in [-0.15, -0.1) is 0 Å². The molecule has 1 rings (SSSR count). The first-order valence-electron chi connectivity index (χ1n) is 9.05. The molecule has 1 aromatic carbocycles. The first kappa shape index (κ1) is 22.0. The van der Waals surface area contributed by atoms with E-state index >= 15 is 0 Å². The van der Waals surface area contributed by atoms with Gasteiger partial charge in [0, 0.05) is 6.42 Å². The molecule has 1 aromatic rings. The Balaban J connectivity index is 2.84. The van der Waals surface area contributed by atoms with Gasteiger partial charge < -0.3 is 20.5 Å². The van der Waals surface area contributed by atoms with Crippen LogP contribution in [0.1, 0.15) is 46.6 Å². The Morgan fingerprint density at radius 2 is 1.73 bits per heavy atom. The van der Waals surface area contributed by atoms with Gasteiger partial charge in [0.2, 0.25) is 5.91 Å². The summed E-state index contributed by atoms with van der Waals surface area (Å²) in [7, 11) is 0. The minimum atomic E-state index is -0.784. The van der Waals surface area contributed by atoms with Crippen LogP contribution in [-0.4, -0.2) is 41.4 Å². The lowest BCUT2D eigenvalue weighted by Gasteiger charge is -2.25. The standard InChI is InChI=1S/C20H32N2O4/c1-14(2)11-16(13-23)21-18(24)17(12-15-9-7-6-8-10-15)22-19(25)26-20(3,4)5/h6-10,14,16-17,23H,11-13H2,1-5H3,(H,21,24)(H,22,25). The second kappa shape index (κ2) is 10.2. The third kappa shape index (κ3) is 8.85. The van der Waals surface area contributed by atoms with Crippen LogP contribution in [0, 0.1) is 5.92 Å². The summed E-state index contributed by atoms with van der Waals surface area (Å²) in [5.74, 6) is -0.00162. The summed E-state index contributed by atoms with van der Waals surface area (Å²) in [6.45, 7) is 9.20. The summed E-state index contributed by atoms with van der Waals surface area (Å²) in [6.07, 6.45) is 0.358. The normalized spacial score (nSPS) is 13.8. The molecule has 2 atom stereocenters. The molecule has 0 spiro atoms. The number of hydrogen-bond acceptors (Lipinski definition) is 4. The molecule has 0 saturated carbocycles. The van der Waals surface area contributed by atoms with Crippen LogP contribution in [0.3, 0.4) is 0 Å². The second-order valence-electron chi connectivity index (χ2n) is 7.91. The maximum atomic E-state index is 12.7. The summed E-state index contributed by atoms with van der Waals surface area (Å²) >= 11 is 0. The highest BCUT2D eigenvalue weighted by Gasteiger charge is 2.26. The zero-order valence-electron chi connectivity index (χ0n) is 16.4. The molecule has 0 aliphatic heterocycles. The number of aliphatic hydroxyl groups excluding tert-OH is 1. The third-order valence-corrected chi connectivity index (χ3v) is 3.61. The van der Waals surface area contributed by atoms with Crippen LogP contribution < -0.4 is 10.6 Å². The van der Waals surface area contributed by atoms with Gasteiger partial charge in [-0.2, -0.15) is 0 Å². The number of alkyl carbamates (subject to hydrolysis) is 1. The quantitative estimate of drug-likeness (QED) is 0.662. The van der Waals surface area contributed by atoms with Gasteiger partial charge in [-0.3, -0.25) is 4.79 Å². The molecule has 0 saturated heterocycles. The van der Waals surface area contributed by atoms with Gasteiger partial charge in [0.1, 0.15) is 11.6 Å². The van der Waals surface area contributed by atoms with Gasteiger partial charge >= 0.3 is 6.09 Å². The predicted molar refractivity (Wildman–Crippen MR) is 102 cm³/mol. The van der Waals surface area contributed by atoms with Gasteiger partial charge in [0.25, 0.3) is 0 Å². The molecule has 146 valence electrons. The second-order valence-corrected chi connectivity index (χ2v) is 7.91. The van der Waals surface area contributed by atoms with Crippen molar-refractivity contribution in [3.05, 3.63) is 35.9 Å². The van der Waals surface area contributed by atoms with E-state index < -0.39 is 17.7 Å². The Kier molecular flexibility index (Phi) is 8.58. The zero-order valence-corrected chi connectivity index (χ0v) is 16.4. The van der Waals surface area contributed by atoms with E-state index in [1.54, 1.807) is 20.8 Å². The fourth-order valence-electron chi connectivity index (χ4n) is 2.56. The Bertz CT molecular complexity index is 567. The van der Waals surface area contributed by atoms with E-state index in [2.05, 4.69) is 10.6 Å². The van der Waals surface area contributed by atoms with E-state index in [0.29, 0.717) is 18.8 Å². The summed E-state index contributed by atoms with van der Waals surface area (Å²) in [6, 6.07) is 8.32. The smallest absolute Gasteiger partial charge is 0.408 e.